The highest BCUT2D eigenvalue weighted by Crippen LogP contribution is 2.24. The molecule has 0 saturated heterocycles. The molecular weight excluding hydrogens is 210 g/mol. The first-order valence-electron chi connectivity index (χ1n) is 6.62. The summed E-state index contributed by atoms with van der Waals surface area (Å²) in [6.45, 7) is 4.29. The van der Waals surface area contributed by atoms with Crippen LogP contribution in [0.25, 0.3) is 0 Å². The molecule has 2 rings (SSSR count). The van der Waals surface area contributed by atoms with Crippen LogP contribution in [0.3, 0.4) is 0 Å². The average molecular weight is 233 g/mol. The molecular formula is C14H23N3. The Morgan fingerprint density at radius 1 is 1.47 bits per heavy atom. The Balaban J connectivity index is 1.83. The van der Waals surface area contributed by atoms with Crippen molar-refractivity contribution in [2.24, 2.45) is 0 Å². The van der Waals surface area contributed by atoms with Gasteiger partial charge in [-0.3, -0.25) is 9.88 Å². The van der Waals surface area contributed by atoms with Crippen LogP contribution >= 0.6 is 0 Å². The van der Waals surface area contributed by atoms with Gasteiger partial charge in [-0.25, -0.2) is 0 Å². The lowest BCUT2D eigenvalue weighted by Crippen LogP contribution is -2.32. The van der Waals surface area contributed by atoms with Gasteiger partial charge in [-0.05, 0) is 44.5 Å². The lowest BCUT2D eigenvalue weighted by atomic mass is 10.2. The van der Waals surface area contributed by atoms with E-state index in [2.05, 4.69) is 35.2 Å². The fourth-order valence-electron chi connectivity index (χ4n) is 2.74. The van der Waals surface area contributed by atoms with Crippen LogP contribution < -0.4 is 5.32 Å². The van der Waals surface area contributed by atoms with Gasteiger partial charge in [0.1, 0.15) is 0 Å². The maximum atomic E-state index is 4.17. The number of nitrogens with one attached hydrogen (secondary N) is 1. The molecule has 1 aromatic rings. The van der Waals surface area contributed by atoms with E-state index in [4.69, 9.17) is 0 Å². The van der Waals surface area contributed by atoms with Gasteiger partial charge in [-0.15, -0.1) is 0 Å². The van der Waals surface area contributed by atoms with E-state index in [1.54, 1.807) is 0 Å². The molecule has 0 amide bonds. The molecule has 0 radical (unpaired) electrons. The molecule has 3 nitrogen and oxygen atoms in total. The fraction of sp³-hybridized carbons (Fsp3) is 0.643. The number of hydrogen-bond donors (Lipinski definition) is 1. The van der Waals surface area contributed by atoms with Crippen LogP contribution in [0, 0.1) is 0 Å². The minimum atomic E-state index is 0.722. The number of pyridine rings is 1. The van der Waals surface area contributed by atoms with Gasteiger partial charge in [0.05, 0.1) is 0 Å². The van der Waals surface area contributed by atoms with Crippen LogP contribution in [0.5, 0.6) is 0 Å². The molecule has 0 spiro atoms. The maximum absolute atomic E-state index is 4.17. The summed E-state index contributed by atoms with van der Waals surface area (Å²) in [5, 5.41) is 3.55. The Kier molecular flexibility index (Phi) is 4.51. The molecule has 0 bridgehead atoms. The molecule has 1 aliphatic rings. The molecule has 94 valence electrons. The zero-order valence-electron chi connectivity index (χ0n) is 10.9. The summed E-state index contributed by atoms with van der Waals surface area (Å²) in [7, 11) is 2.23. The van der Waals surface area contributed by atoms with Crippen molar-refractivity contribution in [2.75, 3.05) is 13.6 Å². The lowest BCUT2D eigenvalue weighted by molar-refractivity contribution is 0.233. The summed E-state index contributed by atoms with van der Waals surface area (Å²) in [6, 6.07) is 5.61. The van der Waals surface area contributed by atoms with Gasteiger partial charge in [0.25, 0.3) is 0 Å². The average Bonchev–Trinajstić information content (AvgIpc) is 2.79. The van der Waals surface area contributed by atoms with Crippen molar-refractivity contribution < 1.29 is 0 Å². The van der Waals surface area contributed by atoms with Crippen LogP contribution in [0.15, 0.2) is 24.5 Å². The normalized spacial score (nSPS) is 24.4. The highest BCUT2D eigenvalue weighted by Gasteiger charge is 2.26. The first-order chi connectivity index (χ1) is 8.29. The zero-order chi connectivity index (χ0) is 12.1. The van der Waals surface area contributed by atoms with E-state index in [0.29, 0.717) is 0 Å². The molecule has 1 saturated carbocycles. The van der Waals surface area contributed by atoms with Crippen LogP contribution in [-0.2, 0) is 6.54 Å². The molecule has 1 aliphatic carbocycles. The number of nitrogens with zero attached hydrogens (tertiary/aromatic N) is 2. The Hall–Kier alpha value is -0.930. The van der Waals surface area contributed by atoms with Gasteiger partial charge in [0, 0.05) is 31.0 Å². The summed E-state index contributed by atoms with van der Waals surface area (Å²) in [4.78, 5) is 6.64. The van der Waals surface area contributed by atoms with Crippen LogP contribution in [0.4, 0.5) is 0 Å². The predicted molar refractivity (Wildman–Crippen MR) is 70.8 cm³/mol. The van der Waals surface area contributed by atoms with Gasteiger partial charge in [0.2, 0.25) is 0 Å². The molecule has 1 aromatic heterocycles. The van der Waals surface area contributed by atoms with Crippen molar-refractivity contribution in [1.82, 2.24) is 15.2 Å². The number of rotatable bonds is 5. The second-order valence-electron chi connectivity index (χ2n) is 5.00. The molecule has 1 fully saturated rings. The monoisotopic (exact) mass is 233 g/mol. The van der Waals surface area contributed by atoms with E-state index >= 15 is 0 Å². The van der Waals surface area contributed by atoms with Crippen molar-refractivity contribution in [3.8, 4) is 0 Å². The molecule has 17 heavy (non-hydrogen) atoms. The first kappa shape index (κ1) is 12.5. The van der Waals surface area contributed by atoms with Crippen molar-refractivity contribution in [1.29, 1.82) is 0 Å². The van der Waals surface area contributed by atoms with Crippen molar-refractivity contribution in [3.05, 3.63) is 30.1 Å². The van der Waals surface area contributed by atoms with Gasteiger partial charge < -0.3 is 5.32 Å². The minimum absolute atomic E-state index is 0.722. The second-order valence-corrected chi connectivity index (χ2v) is 5.00. The van der Waals surface area contributed by atoms with Gasteiger partial charge >= 0.3 is 0 Å². The van der Waals surface area contributed by atoms with Gasteiger partial charge in [-0.1, -0.05) is 13.0 Å². The van der Waals surface area contributed by atoms with E-state index in [0.717, 1.165) is 25.2 Å². The summed E-state index contributed by atoms with van der Waals surface area (Å²) in [6.07, 6.45) is 7.71. The summed E-state index contributed by atoms with van der Waals surface area (Å²) in [5.41, 5.74) is 1.31. The summed E-state index contributed by atoms with van der Waals surface area (Å²) >= 11 is 0. The standard InChI is InChI=1S/C14H23N3/c1-3-16-13-6-7-14(9-13)17(2)11-12-5-4-8-15-10-12/h4-5,8,10,13-14,16H,3,6-7,9,11H2,1-2H3. The molecule has 2 unspecified atom stereocenters. The molecule has 3 heteroatoms. The third kappa shape index (κ3) is 3.51. The van der Waals surface area contributed by atoms with E-state index in [-0.39, 0.29) is 0 Å². The van der Waals surface area contributed by atoms with Crippen LogP contribution in [-0.4, -0.2) is 35.6 Å². The summed E-state index contributed by atoms with van der Waals surface area (Å²) < 4.78 is 0. The van der Waals surface area contributed by atoms with Crippen molar-refractivity contribution in [2.45, 2.75) is 44.8 Å². The second kappa shape index (κ2) is 6.12. The van der Waals surface area contributed by atoms with Crippen LogP contribution in [0.2, 0.25) is 0 Å². The third-order valence-corrected chi connectivity index (χ3v) is 3.68. The Bertz CT molecular complexity index is 325. The zero-order valence-corrected chi connectivity index (χ0v) is 10.9. The molecule has 0 aromatic carbocycles. The SMILES string of the molecule is CCNC1CCC(N(C)Cc2cccnc2)C1. The minimum Gasteiger partial charge on any atom is -0.314 e. The number of aromatic nitrogens is 1. The Morgan fingerprint density at radius 2 is 2.35 bits per heavy atom. The highest BCUT2D eigenvalue weighted by molar-refractivity contribution is 5.08. The first-order valence-corrected chi connectivity index (χ1v) is 6.62. The highest BCUT2D eigenvalue weighted by atomic mass is 15.1. The molecule has 0 aliphatic heterocycles. The molecule has 2 atom stereocenters. The third-order valence-electron chi connectivity index (χ3n) is 3.68. The maximum Gasteiger partial charge on any atom is 0.0312 e. The fourth-order valence-corrected chi connectivity index (χ4v) is 2.74. The Labute approximate surface area is 104 Å². The lowest BCUT2D eigenvalue weighted by Gasteiger charge is -2.24. The van der Waals surface area contributed by atoms with Crippen LogP contribution in [0.1, 0.15) is 31.7 Å². The van der Waals surface area contributed by atoms with Crippen molar-refractivity contribution in [3.63, 3.8) is 0 Å². The van der Waals surface area contributed by atoms with E-state index in [9.17, 15) is 0 Å². The van der Waals surface area contributed by atoms with E-state index in [1.807, 2.05) is 18.5 Å². The largest absolute Gasteiger partial charge is 0.314 e. The van der Waals surface area contributed by atoms with E-state index in [1.165, 1.54) is 24.8 Å². The van der Waals surface area contributed by atoms with Crippen molar-refractivity contribution >= 4 is 0 Å². The number of hydrogen-bond acceptors (Lipinski definition) is 3. The van der Waals surface area contributed by atoms with Gasteiger partial charge in [-0.2, -0.15) is 0 Å². The Morgan fingerprint density at radius 3 is 3.06 bits per heavy atom. The quantitative estimate of drug-likeness (QED) is 0.843. The topological polar surface area (TPSA) is 28.2 Å². The predicted octanol–water partition coefficient (Wildman–Crippen LogP) is 2.04. The smallest absolute Gasteiger partial charge is 0.0312 e. The van der Waals surface area contributed by atoms with Gasteiger partial charge in [0.15, 0.2) is 0 Å². The molecule has 1 heterocycles. The van der Waals surface area contributed by atoms with E-state index < -0.39 is 0 Å². The molecule has 1 N–H and O–H groups in total. The summed E-state index contributed by atoms with van der Waals surface area (Å²) in [5.74, 6) is 0.